The summed E-state index contributed by atoms with van der Waals surface area (Å²) in [6.45, 7) is 4.94. The molecule has 5 heteroatoms. The molecule has 1 N–H and O–H groups in total. The number of aryl methyl sites for hydroxylation is 1. The summed E-state index contributed by atoms with van der Waals surface area (Å²) in [5, 5.41) is 13.7. The first-order chi connectivity index (χ1) is 12.0. The summed E-state index contributed by atoms with van der Waals surface area (Å²) in [6.07, 6.45) is 8.72. The maximum Gasteiger partial charge on any atom is 0.257 e. The van der Waals surface area contributed by atoms with Gasteiger partial charge in [-0.25, -0.2) is 0 Å². The Morgan fingerprint density at radius 3 is 2.72 bits per heavy atom. The quantitative estimate of drug-likeness (QED) is 0.900. The summed E-state index contributed by atoms with van der Waals surface area (Å²) >= 11 is 0. The van der Waals surface area contributed by atoms with Crippen LogP contribution in [0, 0.1) is 0 Å². The Bertz CT molecular complexity index is 706. The van der Waals surface area contributed by atoms with Crippen LogP contribution in [0.25, 0.3) is 0 Å². The molecule has 1 aliphatic rings. The van der Waals surface area contributed by atoms with Crippen molar-refractivity contribution < 1.29 is 9.90 Å². The molecule has 2 aromatic rings. The van der Waals surface area contributed by atoms with Gasteiger partial charge >= 0.3 is 0 Å². The van der Waals surface area contributed by atoms with E-state index in [-0.39, 0.29) is 18.0 Å². The molecule has 25 heavy (non-hydrogen) atoms. The highest BCUT2D eigenvalue weighted by atomic mass is 16.3. The number of benzene rings is 1. The molecule has 0 aliphatic carbocycles. The van der Waals surface area contributed by atoms with Gasteiger partial charge in [-0.1, -0.05) is 12.1 Å². The van der Waals surface area contributed by atoms with Crippen LogP contribution in [0.3, 0.4) is 0 Å². The van der Waals surface area contributed by atoms with Crippen molar-refractivity contribution in [1.29, 1.82) is 0 Å². The van der Waals surface area contributed by atoms with Crippen molar-refractivity contribution in [3.63, 3.8) is 0 Å². The molecular weight excluding hydrogens is 314 g/mol. The minimum absolute atomic E-state index is 0.0994. The molecule has 0 radical (unpaired) electrons. The second-order valence-corrected chi connectivity index (χ2v) is 7.16. The maximum atomic E-state index is 12.9. The van der Waals surface area contributed by atoms with Gasteiger partial charge in [0, 0.05) is 24.8 Å². The van der Waals surface area contributed by atoms with Crippen molar-refractivity contribution in [3.8, 4) is 5.75 Å². The van der Waals surface area contributed by atoms with Crippen molar-refractivity contribution in [3.05, 3.63) is 47.8 Å². The fourth-order valence-electron chi connectivity index (χ4n) is 3.46. The fourth-order valence-corrected chi connectivity index (χ4v) is 3.46. The van der Waals surface area contributed by atoms with E-state index in [0.29, 0.717) is 11.3 Å². The third-order valence-electron chi connectivity index (χ3n) is 4.97. The first kappa shape index (κ1) is 17.5. The van der Waals surface area contributed by atoms with E-state index in [1.54, 1.807) is 18.3 Å². The van der Waals surface area contributed by atoms with Gasteiger partial charge < -0.3 is 10.0 Å². The molecule has 1 saturated heterocycles. The average Bonchev–Trinajstić information content (AvgIpc) is 3.11. The molecule has 2 heterocycles. The molecule has 0 bridgehead atoms. The van der Waals surface area contributed by atoms with Gasteiger partial charge in [-0.3, -0.25) is 9.48 Å². The predicted octanol–water partition coefficient (Wildman–Crippen LogP) is 3.80. The maximum absolute atomic E-state index is 12.9. The first-order valence-corrected chi connectivity index (χ1v) is 9.17. The summed E-state index contributed by atoms with van der Waals surface area (Å²) < 4.78 is 1.84. The summed E-state index contributed by atoms with van der Waals surface area (Å²) in [5.41, 5.74) is 1.88. The van der Waals surface area contributed by atoms with E-state index in [2.05, 4.69) is 18.9 Å². The molecule has 1 atom stereocenters. The lowest BCUT2D eigenvalue weighted by Gasteiger charge is -2.35. The Kier molecular flexibility index (Phi) is 5.41. The molecule has 1 aromatic carbocycles. The van der Waals surface area contributed by atoms with Crippen molar-refractivity contribution in [2.45, 2.75) is 58.0 Å². The van der Waals surface area contributed by atoms with E-state index < -0.39 is 0 Å². The molecule has 134 valence electrons. The predicted molar refractivity (Wildman–Crippen MR) is 97.7 cm³/mol. The van der Waals surface area contributed by atoms with Gasteiger partial charge in [0.2, 0.25) is 0 Å². The number of hydrogen-bond acceptors (Lipinski definition) is 3. The largest absolute Gasteiger partial charge is 0.508 e. The number of amides is 1. The van der Waals surface area contributed by atoms with Gasteiger partial charge in [0.05, 0.1) is 11.8 Å². The summed E-state index contributed by atoms with van der Waals surface area (Å²) in [6, 6.07) is 7.89. The topological polar surface area (TPSA) is 58.4 Å². The van der Waals surface area contributed by atoms with Crippen molar-refractivity contribution in [2.24, 2.45) is 0 Å². The molecule has 1 aliphatic heterocycles. The first-order valence-electron chi connectivity index (χ1n) is 9.17. The van der Waals surface area contributed by atoms with Crippen LogP contribution in [0.1, 0.15) is 61.5 Å². The minimum atomic E-state index is 0.0994. The summed E-state index contributed by atoms with van der Waals surface area (Å²) in [4.78, 5) is 15.0. The summed E-state index contributed by atoms with van der Waals surface area (Å²) in [5.74, 6) is 0.391. The van der Waals surface area contributed by atoms with Crippen molar-refractivity contribution in [1.82, 2.24) is 14.7 Å². The molecule has 1 fully saturated rings. The number of likely N-dealkylation sites (tertiary alicyclic amines) is 1. The molecular formula is C20H27N3O2. The van der Waals surface area contributed by atoms with Crippen LogP contribution in [0.2, 0.25) is 0 Å². The number of rotatable bonds is 5. The van der Waals surface area contributed by atoms with Crippen LogP contribution in [0.5, 0.6) is 5.75 Å². The summed E-state index contributed by atoms with van der Waals surface area (Å²) in [7, 11) is 0. The van der Waals surface area contributed by atoms with Crippen LogP contribution >= 0.6 is 0 Å². The zero-order valence-electron chi connectivity index (χ0n) is 15.1. The van der Waals surface area contributed by atoms with Crippen LogP contribution in [-0.2, 0) is 6.42 Å². The van der Waals surface area contributed by atoms with E-state index in [1.165, 1.54) is 12.0 Å². The lowest BCUT2D eigenvalue weighted by atomic mass is 9.95. The van der Waals surface area contributed by atoms with Gasteiger partial charge in [-0.05, 0) is 63.6 Å². The van der Waals surface area contributed by atoms with Crippen molar-refractivity contribution >= 4 is 5.91 Å². The highest BCUT2D eigenvalue weighted by Crippen LogP contribution is 2.24. The zero-order chi connectivity index (χ0) is 17.8. The molecule has 0 saturated carbocycles. The van der Waals surface area contributed by atoms with Gasteiger partial charge in [0.25, 0.3) is 5.91 Å². The van der Waals surface area contributed by atoms with E-state index >= 15 is 0 Å². The molecule has 5 nitrogen and oxygen atoms in total. The molecule has 3 rings (SSSR count). The van der Waals surface area contributed by atoms with E-state index in [4.69, 9.17) is 0 Å². The van der Waals surface area contributed by atoms with Crippen LogP contribution in [0.15, 0.2) is 36.7 Å². The number of carbonyl (C=O) groups is 1. The number of aromatic nitrogens is 2. The third kappa shape index (κ3) is 4.21. The SMILES string of the molecule is CC(C)n1cc(C(=O)N2CCCC[C@@H]2CCc2ccc(O)cc2)cn1. The number of aromatic hydroxyl groups is 1. The zero-order valence-corrected chi connectivity index (χ0v) is 15.1. The highest BCUT2D eigenvalue weighted by molar-refractivity contribution is 5.94. The number of piperidine rings is 1. The van der Waals surface area contributed by atoms with Crippen LogP contribution in [0.4, 0.5) is 0 Å². The second-order valence-electron chi connectivity index (χ2n) is 7.16. The number of carbonyl (C=O) groups excluding carboxylic acids is 1. The number of phenolic OH excluding ortho intramolecular Hbond substituents is 1. The molecule has 0 unspecified atom stereocenters. The van der Waals surface area contributed by atoms with Crippen molar-refractivity contribution in [2.75, 3.05) is 6.54 Å². The Morgan fingerprint density at radius 1 is 1.28 bits per heavy atom. The lowest BCUT2D eigenvalue weighted by molar-refractivity contribution is 0.0602. The van der Waals surface area contributed by atoms with Gasteiger partial charge in [0.15, 0.2) is 0 Å². The van der Waals surface area contributed by atoms with Crippen LogP contribution in [-0.4, -0.2) is 38.3 Å². The van der Waals surface area contributed by atoms with Gasteiger partial charge in [-0.15, -0.1) is 0 Å². The number of nitrogens with zero attached hydrogens (tertiary/aromatic N) is 3. The lowest BCUT2D eigenvalue weighted by Crippen LogP contribution is -2.43. The average molecular weight is 341 g/mol. The van der Waals surface area contributed by atoms with E-state index in [0.717, 1.165) is 32.2 Å². The molecule has 0 spiro atoms. The van der Waals surface area contributed by atoms with E-state index in [1.807, 2.05) is 27.9 Å². The minimum Gasteiger partial charge on any atom is -0.508 e. The number of phenols is 1. The number of hydrogen-bond donors (Lipinski definition) is 1. The highest BCUT2D eigenvalue weighted by Gasteiger charge is 2.28. The van der Waals surface area contributed by atoms with Crippen LogP contribution < -0.4 is 0 Å². The molecule has 1 aromatic heterocycles. The Morgan fingerprint density at radius 2 is 2.04 bits per heavy atom. The fraction of sp³-hybridized carbons (Fsp3) is 0.500. The Labute approximate surface area is 149 Å². The smallest absolute Gasteiger partial charge is 0.257 e. The third-order valence-corrected chi connectivity index (χ3v) is 4.97. The Hall–Kier alpha value is -2.30. The van der Waals surface area contributed by atoms with Gasteiger partial charge in [0.1, 0.15) is 5.75 Å². The normalized spacial score (nSPS) is 17.9. The molecule has 1 amide bonds. The Balaban J connectivity index is 1.67. The monoisotopic (exact) mass is 341 g/mol. The van der Waals surface area contributed by atoms with E-state index in [9.17, 15) is 9.90 Å². The van der Waals surface area contributed by atoms with Gasteiger partial charge in [-0.2, -0.15) is 5.10 Å². The second kappa shape index (κ2) is 7.72. The standard InChI is InChI=1S/C20H27N3O2/c1-15(2)23-14-17(13-21-23)20(25)22-12-4-3-5-18(22)9-6-16-7-10-19(24)11-8-16/h7-8,10-11,13-15,18,24H,3-6,9,12H2,1-2H3/t18-/m1/s1.